The molecule has 0 heterocycles. The molecule has 0 fully saturated rings. The zero-order valence-corrected chi connectivity index (χ0v) is 16.6. The molecule has 0 aliphatic rings. The van der Waals surface area contributed by atoms with Gasteiger partial charge in [-0.1, -0.05) is 26.0 Å². The lowest BCUT2D eigenvalue weighted by atomic mass is 9.99. The summed E-state index contributed by atoms with van der Waals surface area (Å²) >= 11 is 0. The second kappa shape index (κ2) is 9.50. The van der Waals surface area contributed by atoms with E-state index in [9.17, 15) is 24.6 Å². The Morgan fingerprint density at radius 2 is 1.48 bits per heavy atom. The van der Waals surface area contributed by atoms with Crippen LogP contribution in [0.3, 0.4) is 0 Å². The average Bonchev–Trinajstić information content (AvgIpc) is 2.51. The molecule has 0 radical (unpaired) electrons. The van der Waals surface area contributed by atoms with Gasteiger partial charge in [-0.15, -0.1) is 0 Å². The maximum Gasteiger partial charge on any atom is 0.321 e. The van der Waals surface area contributed by atoms with Crippen molar-refractivity contribution in [2.24, 2.45) is 5.92 Å². The Labute approximate surface area is 160 Å². The highest BCUT2D eigenvalue weighted by atomic mass is 16.4. The third-order valence-electron chi connectivity index (χ3n) is 3.85. The van der Waals surface area contributed by atoms with Crippen LogP contribution >= 0.6 is 0 Å². The molecule has 0 aliphatic heterocycles. The van der Waals surface area contributed by atoms with Gasteiger partial charge in [0.05, 0.1) is 0 Å². The third kappa shape index (κ3) is 8.21. The van der Waals surface area contributed by atoms with Gasteiger partial charge in [-0.3, -0.25) is 19.7 Å². The molecule has 27 heavy (non-hydrogen) atoms. The second-order valence-corrected chi connectivity index (χ2v) is 8.18. The molecule has 0 spiro atoms. The minimum atomic E-state index is -1.11. The zero-order chi connectivity index (χ0) is 20.8. The van der Waals surface area contributed by atoms with E-state index in [2.05, 4.69) is 10.6 Å². The number of rotatable bonds is 9. The molecule has 7 heteroatoms. The van der Waals surface area contributed by atoms with E-state index in [1.807, 2.05) is 34.6 Å². The first-order chi connectivity index (χ1) is 12.4. The van der Waals surface area contributed by atoms with Gasteiger partial charge in [-0.25, -0.2) is 0 Å². The van der Waals surface area contributed by atoms with Gasteiger partial charge in [0.1, 0.15) is 12.1 Å². The van der Waals surface area contributed by atoms with Gasteiger partial charge < -0.3 is 15.5 Å². The third-order valence-corrected chi connectivity index (χ3v) is 3.85. The highest BCUT2D eigenvalue weighted by molar-refractivity contribution is 5.94. The van der Waals surface area contributed by atoms with Crippen molar-refractivity contribution in [1.82, 2.24) is 10.6 Å². The average molecular weight is 378 g/mol. The van der Waals surface area contributed by atoms with Crippen LogP contribution in [0.5, 0.6) is 0 Å². The molecule has 4 N–H and O–H groups in total. The fraction of sp³-hybridized carbons (Fsp3) is 0.550. The van der Waals surface area contributed by atoms with Gasteiger partial charge in [-0.05, 0) is 57.2 Å². The molecule has 1 aromatic carbocycles. The van der Waals surface area contributed by atoms with Crippen molar-refractivity contribution in [1.29, 1.82) is 0 Å². The number of amides is 1. The number of hydrogen-bond acceptors (Lipinski definition) is 4. The largest absolute Gasteiger partial charge is 0.480 e. The van der Waals surface area contributed by atoms with Crippen LogP contribution in [0.4, 0.5) is 0 Å². The molecule has 7 nitrogen and oxygen atoms in total. The normalized spacial score (nSPS) is 13.9. The van der Waals surface area contributed by atoms with Gasteiger partial charge in [-0.2, -0.15) is 0 Å². The molecule has 2 atom stereocenters. The zero-order valence-electron chi connectivity index (χ0n) is 16.6. The number of benzene rings is 1. The van der Waals surface area contributed by atoms with Crippen LogP contribution in [-0.2, 0) is 16.0 Å². The smallest absolute Gasteiger partial charge is 0.321 e. The Kier molecular flexibility index (Phi) is 7.97. The monoisotopic (exact) mass is 378 g/mol. The van der Waals surface area contributed by atoms with Crippen molar-refractivity contribution in [3.8, 4) is 0 Å². The van der Waals surface area contributed by atoms with Crippen molar-refractivity contribution in [3.63, 3.8) is 0 Å². The highest BCUT2D eigenvalue weighted by Gasteiger charge is 2.27. The summed E-state index contributed by atoms with van der Waals surface area (Å²) in [5.74, 6) is -2.26. The quantitative estimate of drug-likeness (QED) is 0.524. The molecule has 150 valence electrons. The van der Waals surface area contributed by atoms with E-state index in [-0.39, 0.29) is 23.8 Å². The lowest BCUT2D eigenvalue weighted by Crippen LogP contribution is -2.48. The molecule has 1 amide bonds. The van der Waals surface area contributed by atoms with Crippen LogP contribution in [-0.4, -0.2) is 45.7 Å². The first kappa shape index (κ1) is 22.6. The fourth-order valence-corrected chi connectivity index (χ4v) is 2.61. The molecule has 1 aromatic rings. The molecule has 0 aliphatic carbocycles. The maximum absolute atomic E-state index is 12.1. The van der Waals surface area contributed by atoms with Crippen molar-refractivity contribution < 1.29 is 24.6 Å². The number of carbonyl (C=O) groups is 3. The summed E-state index contributed by atoms with van der Waals surface area (Å²) in [5, 5.41) is 24.3. The van der Waals surface area contributed by atoms with Crippen LogP contribution in [0.2, 0.25) is 0 Å². The van der Waals surface area contributed by atoms with Crippen LogP contribution in [0.1, 0.15) is 57.0 Å². The Morgan fingerprint density at radius 3 is 1.89 bits per heavy atom. The molecular formula is C20H30N2O5. The number of hydrogen-bond donors (Lipinski definition) is 4. The minimum absolute atomic E-state index is 0.119. The van der Waals surface area contributed by atoms with Gasteiger partial charge in [0.25, 0.3) is 5.91 Å². The lowest BCUT2D eigenvalue weighted by molar-refractivity contribution is -0.142. The van der Waals surface area contributed by atoms with Crippen molar-refractivity contribution in [2.45, 2.75) is 65.1 Å². The van der Waals surface area contributed by atoms with E-state index >= 15 is 0 Å². The number of nitrogens with one attached hydrogen (secondary N) is 2. The van der Waals surface area contributed by atoms with Crippen LogP contribution in [0.25, 0.3) is 0 Å². The van der Waals surface area contributed by atoms with Crippen LogP contribution in [0.15, 0.2) is 24.3 Å². The standard InChI is InChI=1S/C20H30N2O5/c1-12(2)10-15(18(24)25)21-16(19(26)27)11-13-6-8-14(9-7-13)17(23)22-20(3,4)5/h6-9,12,15-16,21H,10-11H2,1-5H3,(H,22,23)(H,24,25)(H,26,27)/t15-,16-/m0/s1. The SMILES string of the molecule is CC(C)C[C@H](N[C@@H](Cc1ccc(C(=O)NC(C)(C)C)cc1)C(=O)O)C(=O)O. The predicted octanol–water partition coefficient (Wildman–Crippen LogP) is 2.30. The summed E-state index contributed by atoms with van der Waals surface area (Å²) < 4.78 is 0. The first-order valence-corrected chi connectivity index (χ1v) is 9.02. The lowest BCUT2D eigenvalue weighted by Gasteiger charge is -2.22. The van der Waals surface area contributed by atoms with Gasteiger partial charge in [0.15, 0.2) is 0 Å². The van der Waals surface area contributed by atoms with E-state index in [0.29, 0.717) is 17.5 Å². The van der Waals surface area contributed by atoms with E-state index < -0.39 is 24.0 Å². The highest BCUT2D eigenvalue weighted by Crippen LogP contribution is 2.12. The molecule has 0 saturated carbocycles. The van der Waals surface area contributed by atoms with Crippen molar-refractivity contribution >= 4 is 17.8 Å². The molecular weight excluding hydrogens is 348 g/mol. The van der Waals surface area contributed by atoms with E-state index in [4.69, 9.17) is 0 Å². The molecule has 1 rings (SSSR count). The van der Waals surface area contributed by atoms with Crippen LogP contribution in [0, 0.1) is 5.92 Å². The number of aliphatic carboxylic acids is 2. The van der Waals surface area contributed by atoms with E-state index in [1.165, 1.54) is 0 Å². The summed E-state index contributed by atoms with van der Waals surface area (Å²) in [5.41, 5.74) is 0.837. The Morgan fingerprint density at radius 1 is 0.963 bits per heavy atom. The number of carbonyl (C=O) groups excluding carboxylic acids is 1. The Bertz CT molecular complexity index is 662. The number of carboxylic acid groups (broad SMARTS) is 2. The summed E-state index contributed by atoms with van der Waals surface area (Å²) in [6, 6.07) is 4.69. The maximum atomic E-state index is 12.1. The van der Waals surface area contributed by atoms with Gasteiger partial charge >= 0.3 is 11.9 Å². The Balaban J connectivity index is 2.84. The van der Waals surface area contributed by atoms with Gasteiger partial charge in [0, 0.05) is 11.1 Å². The summed E-state index contributed by atoms with van der Waals surface area (Å²) in [7, 11) is 0. The summed E-state index contributed by atoms with van der Waals surface area (Å²) in [6.45, 7) is 9.43. The van der Waals surface area contributed by atoms with Crippen molar-refractivity contribution in [2.75, 3.05) is 0 Å². The van der Waals surface area contributed by atoms with E-state index in [1.54, 1.807) is 24.3 Å². The summed E-state index contributed by atoms with van der Waals surface area (Å²) in [6.07, 6.45) is 0.462. The topological polar surface area (TPSA) is 116 Å². The molecule has 0 saturated heterocycles. The molecule has 0 unspecified atom stereocenters. The van der Waals surface area contributed by atoms with Crippen molar-refractivity contribution in [3.05, 3.63) is 35.4 Å². The number of carboxylic acids is 2. The second-order valence-electron chi connectivity index (χ2n) is 8.18. The molecule has 0 aromatic heterocycles. The Hall–Kier alpha value is -2.41. The molecule has 0 bridgehead atoms. The van der Waals surface area contributed by atoms with Crippen LogP contribution < -0.4 is 10.6 Å². The minimum Gasteiger partial charge on any atom is -0.480 e. The summed E-state index contributed by atoms with van der Waals surface area (Å²) in [4.78, 5) is 35.1. The fourth-order valence-electron chi connectivity index (χ4n) is 2.61. The predicted molar refractivity (Wildman–Crippen MR) is 103 cm³/mol. The first-order valence-electron chi connectivity index (χ1n) is 9.02. The van der Waals surface area contributed by atoms with Gasteiger partial charge in [0.2, 0.25) is 0 Å². The van der Waals surface area contributed by atoms with E-state index in [0.717, 1.165) is 0 Å².